The normalized spacial score (nSPS) is 14.4. The number of benzene rings is 3. The van der Waals surface area contributed by atoms with Gasteiger partial charge in [0.2, 0.25) is 0 Å². The molecule has 0 amide bonds. The van der Waals surface area contributed by atoms with Gasteiger partial charge in [-0.1, -0.05) is 91.0 Å². The predicted molar refractivity (Wildman–Crippen MR) is 107 cm³/mol. The van der Waals surface area contributed by atoms with Crippen LogP contribution in [0.2, 0.25) is 0 Å². The molecule has 3 aromatic carbocycles. The molecular weight excluding hydrogens is 308 g/mol. The summed E-state index contributed by atoms with van der Waals surface area (Å²) in [6.45, 7) is 0. The van der Waals surface area contributed by atoms with Crippen molar-refractivity contribution in [2.45, 2.75) is 0 Å². The number of hydrogen-bond acceptors (Lipinski definition) is 1. The smallest absolute Gasteiger partial charge is 0.0238 e. The van der Waals surface area contributed by atoms with Crippen molar-refractivity contribution in [1.29, 1.82) is 0 Å². The minimum atomic E-state index is 1.00. The highest BCUT2D eigenvalue weighted by Gasteiger charge is 2.20. The molecule has 0 aliphatic carbocycles. The lowest BCUT2D eigenvalue weighted by atomic mass is 9.87. The van der Waals surface area contributed by atoms with Gasteiger partial charge in [-0.05, 0) is 38.8 Å². The molecule has 0 aromatic heterocycles. The molecule has 0 saturated carbocycles. The van der Waals surface area contributed by atoms with Crippen LogP contribution in [0.15, 0.2) is 96.4 Å². The van der Waals surface area contributed by atoms with E-state index in [0.29, 0.717) is 0 Å². The summed E-state index contributed by atoms with van der Waals surface area (Å²) in [6.07, 6.45) is 0. The van der Waals surface area contributed by atoms with Gasteiger partial charge < -0.3 is 0 Å². The maximum absolute atomic E-state index is 2.31. The van der Waals surface area contributed by atoms with E-state index >= 15 is 0 Å². The van der Waals surface area contributed by atoms with Crippen molar-refractivity contribution >= 4 is 28.5 Å². The standard InChI is InChI=1S/C23H18S/c1-4-10-18(11-5-1)21-16-24-17-22(19-12-6-2-7-13-19)23(21)20-14-8-3-9-15-20/h1-16H,17H2. The summed E-state index contributed by atoms with van der Waals surface area (Å²) in [7, 11) is 0. The molecule has 0 atom stereocenters. The second kappa shape index (κ2) is 6.94. The zero-order chi connectivity index (χ0) is 16.2. The van der Waals surface area contributed by atoms with Crippen LogP contribution in [0.3, 0.4) is 0 Å². The van der Waals surface area contributed by atoms with Crippen molar-refractivity contribution in [3.05, 3.63) is 113 Å². The summed E-state index contributed by atoms with van der Waals surface area (Å²) in [5, 5.41) is 2.31. The summed E-state index contributed by atoms with van der Waals surface area (Å²) >= 11 is 1.88. The summed E-state index contributed by atoms with van der Waals surface area (Å²) in [6, 6.07) is 32.2. The van der Waals surface area contributed by atoms with Gasteiger partial charge in [-0.15, -0.1) is 11.8 Å². The minimum Gasteiger partial charge on any atom is -0.129 e. The van der Waals surface area contributed by atoms with Gasteiger partial charge in [0.15, 0.2) is 0 Å². The fourth-order valence-corrected chi connectivity index (χ4v) is 4.12. The highest BCUT2D eigenvalue weighted by Crippen LogP contribution is 2.43. The highest BCUT2D eigenvalue weighted by atomic mass is 32.2. The van der Waals surface area contributed by atoms with Crippen LogP contribution in [0.5, 0.6) is 0 Å². The third kappa shape index (κ3) is 2.95. The first-order chi connectivity index (χ1) is 11.9. The third-order valence-electron chi connectivity index (χ3n) is 4.27. The van der Waals surface area contributed by atoms with Crippen molar-refractivity contribution in [3.8, 4) is 0 Å². The average Bonchev–Trinajstić information content (AvgIpc) is 2.69. The van der Waals surface area contributed by atoms with Crippen LogP contribution in [0.4, 0.5) is 0 Å². The fourth-order valence-electron chi connectivity index (χ4n) is 3.13. The van der Waals surface area contributed by atoms with E-state index in [4.69, 9.17) is 0 Å². The monoisotopic (exact) mass is 326 g/mol. The number of hydrogen-bond donors (Lipinski definition) is 0. The maximum atomic E-state index is 2.31. The summed E-state index contributed by atoms with van der Waals surface area (Å²) in [5.41, 5.74) is 7.95. The number of thioether (sulfide) groups is 1. The second-order valence-electron chi connectivity index (χ2n) is 5.79. The molecule has 24 heavy (non-hydrogen) atoms. The first kappa shape index (κ1) is 15.0. The molecule has 0 unspecified atom stereocenters. The van der Waals surface area contributed by atoms with Crippen LogP contribution in [0.1, 0.15) is 16.7 Å². The van der Waals surface area contributed by atoms with Gasteiger partial charge in [-0.25, -0.2) is 0 Å². The van der Waals surface area contributed by atoms with Gasteiger partial charge in [0, 0.05) is 5.75 Å². The molecule has 1 heteroatoms. The van der Waals surface area contributed by atoms with Crippen LogP contribution in [-0.4, -0.2) is 5.75 Å². The Kier molecular flexibility index (Phi) is 4.35. The van der Waals surface area contributed by atoms with E-state index in [1.165, 1.54) is 33.4 Å². The number of allylic oxidation sites excluding steroid dienone is 2. The Bertz CT molecular complexity index is 875. The van der Waals surface area contributed by atoms with E-state index in [0.717, 1.165) is 5.75 Å². The molecule has 0 fully saturated rings. The molecule has 0 spiro atoms. The Morgan fingerprint density at radius 3 is 1.62 bits per heavy atom. The molecular formula is C23H18S. The van der Waals surface area contributed by atoms with E-state index in [1.54, 1.807) is 0 Å². The first-order valence-electron chi connectivity index (χ1n) is 8.15. The Morgan fingerprint density at radius 2 is 1.04 bits per heavy atom. The third-order valence-corrected chi connectivity index (χ3v) is 5.13. The summed E-state index contributed by atoms with van der Waals surface area (Å²) < 4.78 is 0. The van der Waals surface area contributed by atoms with Crippen molar-refractivity contribution in [3.63, 3.8) is 0 Å². The lowest BCUT2D eigenvalue weighted by Crippen LogP contribution is -2.01. The summed E-state index contributed by atoms with van der Waals surface area (Å²) in [5.74, 6) is 1.00. The van der Waals surface area contributed by atoms with Crippen molar-refractivity contribution < 1.29 is 0 Å². The molecule has 1 heterocycles. The van der Waals surface area contributed by atoms with E-state index in [1.807, 2.05) is 11.8 Å². The van der Waals surface area contributed by atoms with Crippen LogP contribution < -0.4 is 0 Å². The molecule has 0 bridgehead atoms. The first-order valence-corrected chi connectivity index (χ1v) is 9.20. The molecule has 0 radical (unpaired) electrons. The van der Waals surface area contributed by atoms with E-state index in [9.17, 15) is 0 Å². The molecule has 0 N–H and O–H groups in total. The van der Waals surface area contributed by atoms with Crippen LogP contribution in [0.25, 0.3) is 16.7 Å². The second-order valence-corrected chi connectivity index (χ2v) is 6.65. The molecule has 1 aliphatic heterocycles. The van der Waals surface area contributed by atoms with Gasteiger partial charge in [0.05, 0.1) is 0 Å². The SMILES string of the molecule is C1=C(c2ccccc2)C(c2ccccc2)=C(c2ccccc2)CS1. The maximum Gasteiger partial charge on any atom is 0.0238 e. The van der Waals surface area contributed by atoms with Crippen molar-refractivity contribution in [2.75, 3.05) is 5.75 Å². The van der Waals surface area contributed by atoms with Crippen LogP contribution >= 0.6 is 11.8 Å². The molecule has 4 rings (SSSR count). The van der Waals surface area contributed by atoms with Crippen molar-refractivity contribution in [2.24, 2.45) is 0 Å². The van der Waals surface area contributed by atoms with E-state index in [2.05, 4.69) is 96.4 Å². The quantitative estimate of drug-likeness (QED) is 0.538. The van der Waals surface area contributed by atoms with E-state index in [-0.39, 0.29) is 0 Å². The molecule has 3 aromatic rings. The van der Waals surface area contributed by atoms with Gasteiger partial charge in [-0.2, -0.15) is 0 Å². The highest BCUT2D eigenvalue weighted by molar-refractivity contribution is 8.02. The van der Waals surface area contributed by atoms with E-state index < -0.39 is 0 Å². The van der Waals surface area contributed by atoms with Gasteiger partial charge in [0.1, 0.15) is 0 Å². The summed E-state index contributed by atoms with van der Waals surface area (Å²) in [4.78, 5) is 0. The lowest BCUT2D eigenvalue weighted by Gasteiger charge is -2.23. The molecule has 116 valence electrons. The molecule has 0 nitrogen and oxygen atoms in total. The molecule has 0 saturated heterocycles. The lowest BCUT2D eigenvalue weighted by molar-refractivity contribution is 1.53. The Hall–Kier alpha value is -2.51. The Labute approximate surface area is 147 Å². The van der Waals surface area contributed by atoms with Gasteiger partial charge in [-0.3, -0.25) is 0 Å². The predicted octanol–water partition coefficient (Wildman–Crippen LogP) is 6.39. The molecule has 1 aliphatic rings. The average molecular weight is 326 g/mol. The van der Waals surface area contributed by atoms with Gasteiger partial charge in [0.25, 0.3) is 0 Å². The van der Waals surface area contributed by atoms with Gasteiger partial charge >= 0.3 is 0 Å². The Morgan fingerprint density at radius 1 is 0.542 bits per heavy atom. The topological polar surface area (TPSA) is 0 Å². The minimum absolute atomic E-state index is 1.00. The zero-order valence-electron chi connectivity index (χ0n) is 13.4. The fraction of sp³-hybridized carbons (Fsp3) is 0.0435. The zero-order valence-corrected chi connectivity index (χ0v) is 14.2. The van der Waals surface area contributed by atoms with Crippen LogP contribution in [0, 0.1) is 0 Å². The van der Waals surface area contributed by atoms with Crippen LogP contribution in [-0.2, 0) is 0 Å². The van der Waals surface area contributed by atoms with Crippen molar-refractivity contribution in [1.82, 2.24) is 0 Å². The Balaban J connectivity index is 1.95. The number of rotatable bonds is 3. The largest absolute Gasteiger partial charge is 0.129 e.